The minimum absolute atomic E-state index is 0.619. The molecule has 2 aromatic rings. The number of methoxy groups -OCH3 is 1. The Labute approximate surface area is 112 Å². The van der Waals surface area contributed by atoms with Crippen molar-refractivity contribution in [2.45, 2.75) is 26.4 Å². The Balaban J connectivity index is 2.13. The third-order valence-electron chi connectivity index (χ3n) is 2.88. The lowest BCUT2D eigenvalue weighted by Crippen LogP contribution is -2.08. The monoisotopic (exact) mass is 261 g/mol. The van der Waals surface area contributed by atoms with E-state index >= 15 is 0 Å². The summed E-state index contributed by atoms with van der Waals surface area (Å²) in [7, 11) is 3.55. The molecule has 0 fully saturated rings. The minimum atomic E-state index is 0.619. The van der Waals surface area contributed by atoms with Crippen molar-refractivity contribution in [3.05, 3.63) is 35.2 Å². The standard InChI is InChI=1S/C13H19N5O/c1-4-11-7-10(5-6-12(11)19-3)9-18-16-13(8-14-2)15-17-18/h5-7,14H,4,8-9H2,1-3H3. The molecule has 0 radical (unpaired) electrons. The van der Waals surface area contributed by atoms with Gasteiger partial charge in [-0.25, -0.2) is 0 Å². The largest absolute Gasteiger partial charge is 0.496 e. The zero-order valence-electron chi connectivity index (χ0n) is 11.6. The molecule has 1 heterocycles. The molecule has 0 aliphatic rings. The topological polar surface area (TPSA) is 64.9 Å². The normalized spacial score (nSPS) is 10.7. The van der Waals surface area contributed by atoms with Crippen molar-refractivity contribution in [3.8, 4) is 5.75 Å². The van der Waals surface area contributed by atoms with E-state index in [1.165, 1.54) is 5.56 Å². The van der Waals surface area contributed by atoms with Gasteiger partial charge in [0.15, 0.2) is 5.82 Å². The van der Waals surface area contributed by atoms with Gasteiger partial charge in [-0.3, -0.25) is 0 Å². The molecule has 0 bridgehead atoms. The summed E-state index contributed by atoms with van der Waals surface area (Å²) >= 11 is 0. The van der Waals surface area contributed by atoms with Gasteiger partial charge < -0.3 is 10.1 Å². The van der Waals surface area contributed by atoms with E-state index in [4.69, 9.17) is 4.74 Å². The van der Waals surface area contributed by atoms with E-state index in [0.717, 1.165) is 17.7 Å². The number of hydrogen-bond donors (Lipinski definition) is 1. The number of hydrogen-bond acceptors (Lipinski definition) is 5. The first-order valence-electron chi connectivity index (χ1n) is 6.34. The van der Waals surface area contributed by atoms with Gasteiger partial charge >= 0.3 is 0 Å². The molecule has 19 heavy (non-hydrogen) atoms. The van der Waals surface area contributed by atoms with Gasteiger partial charge in [0.2, 0.25) is 0 Å². The van der Waals surface area contributed by atoms with Crippen molar-refractivity contribution in [2.75, 3.05) is 14.2 Å². The molecule has 0 saturated heterocycles. The van der Waals surface area contributed by atoms with Gasteiger partial charge in [0.1, 0.15) is 5.75 Å². The first-order valence-corrected chi connectivity index (χ1v) is 6.34. The maximum atomic E-state index is 5.32. The summed E-state index contributed by atoms with van der Waals surface area (Å²) in [6.07, 6.45) is 0.937. The highest BCUT2D eigenvalue weighted by Gasteiger charge is 2.06. The Morgan fingerprint density at radius 1 is 1.37 bits per heavy atom. The third-order valence-corrected chi connectivity index (χ3v) is 2.88. The van der Waals surface area contributed by atoms with E-state index in [-0.39, 0.29) is 0 Å². The Hall–Kier alpha value is -1.95. The summed E-state index contributed by atoms with van der Waals surface area (Å²) in [5, 5.41) is 15.3. The molecular weight excluding hydrogens is 242 g/mol. The van der Waals surface area contributed by atoms with E-state index in [9.17, 15) is 0 Å². The summed E-state index contributed by atoms with van der Waals surface area (Å²) < 4.78 is 5.32. The van der Waals surface area contributed by atoms with Crippen molar-refractivity contribution >= 4 is 0 Å². The predicted molar refractivity (Wildman–Crippen MR) is 72.1 cm³/mol. The smallest absolute Gasteiger partial charge is 0.188 e. The fourth-order valence-electron chi connectivity index (χ4n) is 1.94. The lowest BCUT2D eigenvalue weighted by atomic mass is 10.1. The Kier molecular flexibility index (Phi) is 4.46. The van der Waals surface area contributed by atoms with Crippen LogP contribution < -0.4 is 10.1 Å². The van der Waals surface area contributed by atoms with Crippen LogP contribution in [0.15, 0.2) is 18.2 Å². The van der Waals surface area contributed by atoms with Crippen molar-refractivity contribution in [3.63, 3.8) is 0 Å². The second kappa shape index (κ2) is 6.29. The lowest BCUT2D eigenvalue weighted by Gasteiger charge is -2.08. The second-order valence-corrected chi connectivity index (χ2v) is 4.27. The molecule has 2 rings (SSSR count). The first-order chi connectivity index (χ1) is 9.26. The number of nitrogens with zero attached hydrogens (tertiary/aromatic N) is 4. The van der Waals surface area contributed by atoms with Gasteiger partial charge in [-0.05, 0) is 35.9 Å². The fraction of sp³-hybridized carbons (Fsp3) is 0.462. The number of rotatable bonds is 6. The molecule has 0 saturated carbocycles. The van der Waals surface area contributed by atoms with Gasteiger partial charge in [0.05, 0.1) is 20.2 Å². The van der Waals surface area contributed by atoms with E-state index < -0.39 is 0 Å². The highest BCUT2D eigenvalue weighted by molar-refractivity contribution is 5.37. The van der Waals surface area contributed by atoms with Gasteiger partial charge in [-0.2, -0.15) is 4.80 Å². The number of nitrogens with one attached hydrogen (secondary N) is 1. The third kappa shape index (κ3) is 3.29. The van der Waals surface area contributed by atoms with Crippen molar-refractivity contribution in [1.82, 2.24) is 25.5 Å². The quantitative estimate of drug-likeness (QED) is 0.840. The Bertz CT molecular complexity index is 538. The zero-order chi connectivity index (χ0) is 13.7. The van der Waals surface area contributed by atoms with Crippen molar-refractivity contribution in [1.29, 1.82) is 0 Å². The average molecular weight is 261 g/mol. The summed E-state index contributed by atoms with van der Waals surface area (Å²) in [6.45, 7) is 3.36. The number of aryl methyl sites for hydroxylation is 1. The van der Waals surface area contributed by atoms with Gasteiger partial charge in [-0.15, -0.1) is 10.2 Å². The molecular formula is C13H19N5O. The molecule has 1 aromatic heterocycles. The summed E-state index contributed by atoms with van der Waals surface area (Å²) in [5.41, 5.74) is 2.33. The van der Waals surface area contributed by atoms with Gasteiger partial charge in [0, 0.05) is 0 Å². The maximum absolute atomic E-state index is 5.32. The molecule has 0 aliphatic heterocycles. The van der Waals surface area contributed by atoms with Crippen LogP contribution in [0.25, 0.3) is 0 Å². The first kappa shape index (κ1) is 13.5. The molecule has 0 amide bonds. The van der Waals surface area contributed by atoms with Crippen LogP contribution in [0.5, 0.6) is 5.75 Å². The fourth-order valence-corrected chi connectivity index (χ4v) is 1.94. The van der Waals surface area contributed by atoms with Crippen LogP contribution in [0.1, 0.15) is 23.9 Å². The summed E-state index contributed by atoms with van der Waals surface area (Å²) in [6, 6.07) is 6.14. The van der Waals surface area contributed by atoms with E-state index in [0.29, 0.717) is 18.9 Å². The molecule has 6 nitrogen and oxygen atoms in total. The van der Waals surface area contributed by atoms with E-state index in [2.05, 4.69) is 33.7 Å². The molecule has 102 valence electrons. The van der Waals surface area contributed by atoms with E-state index in [1.807, 2.05) is 19.2 Å². The van der Waals surface area contributed by atoms with Gasteiger partial charge in [0.25, 0.3) is 0 Å². The molecule has 0 aliphatic carbocycles. The molecule has 6 heteroatoms. The van der Waals surface area contributed by atoms with Crippen LogP contribution >= 0.6 is 0 Å². The number of aromatic nitrogens is 4. The number of benzene rings is 1. The van der Waals surface area contributed by atoms with Crippen LogP contribution in [-0.2, 0) is 19.5 Å². The molecule has 0 spiro atoms. The lowest BCUT2D eigenvalue weighted by molar-refractivity contribution is 0.409. The zero-order valence-corrected chi connectivity index (χ0v) is 11.6. The van der Waals surface area contributed by atoms with Crippen molar-refractivity contribution in [2.24, 2.45) is 0 Å². The van der Waals surface area contributed by atoms with Crippen LogP contribution in [0, 0.1) is 0 Å². The number of ether oxygens (including phenoxy) is 1. The summed E-state index contributed by atoms with van der Waals surface area (Å²) in [4.78, 5) is 1.61. The Morgan fingerprint density at radius 3 is 2.89 bits per heavy atom. The highest BCUT2D eigenvalue weighted by Crippen LogP contribution is 2.20. The average Bonchev–Trinajstić information content (AvgIpc) is 2.86. The SMILES string of the molecule is CCc1cc(Cn2nnc(CNC)n2)ccc1OC. The molecule has 1 N–H and O–H groups in total. The Morgan fingerprint density at radius 2 is 2.21 bits per heavy atom. The van der Waals surface area contributed by atoms with E-state index in [1.54, 1.807) is 11.9 Å². The molecule has 1 aromatic carbocycles. The minimum Gasteiger partial charge on any atom is -0.496 e. The van der Waals surface area contributed by atoms with Crippen LogP contribution in [-0.4, -0.2) is 34.4 Å². The highest BCUT2D eigenvalue weighted by atomic mass is 16.5. The van der Waals surface area contributed by atoms with Crippen LogP contribution in [0.3, 0.4) is 0 Å². The molecule has 0 unspecified atom stereocenters. The maximum Gasteiger partial charge on any atom is 0.188 e. The van der Waals surface area contributed by atoms with Crippen LogP contribution in [0.2, 0.25) is 0 Å². The predicted octanol–water partition coefficient (Wildman–Crippen LogP) is 1.01. The van der Waals surface area contributed by atoms with Crippen molar-refractivity contribution < 1.29 is 4.74 Å². The second-order valence-electron chi connectivity index (χ2n) is 4.27. The number of tetrazole rings is 1. The summed E-state index contributed by atoms with van der Waals surface area (Å²) in [5.74, 6) is 1.63. The van der Waals surface area contributed by atoms with Crippen LogP contribution in [0.4, 0.5) is 0 Å². The van der Waals surface area contributed by atoms with Gasteiger partial charge in [-0.1, -0.05) is 19.1 Å². The molecule has 0 atom stereocenters.